The number of fused-ring (bicyclic) bond motifs is 3. The smallest absolute Gasteiger partial charge is 0.255 e. The average molecular weight is 464 g/mol. The van der Waals surface area contributed by atoms with Gasteiger partial charge in [0.15, 0.2) is 0 Å². The number of halogens is 2. The van der Waals surface area contributed by atoms with Crippen molar-refractivity contribution in [1.82, 2.24) is 15.0 Å². The van der Waals surface area contributed by atoms with Gasteiger partial charge in [0.05, 0.1) is 5.69 Å². The molecule has 0 atom stereocenters. The van der Waals surface area contributed by atoms with Crippen LogP contribution in [0.1, 0.15) is 48.1 Å². The molecule has 3 aliphatic rings. The molecule has 8 heteroatoms. The van der Waals surface area contributed by atoms with E-state index in [1.165, 1.54) is 6.07 Å². The molecule has 4 heterocycles. The number of aryl methyl sites for hydroxylation is 1. The number of nitrogens with zero attached hydrogens (tertiary/aromatic N) is 4. The summed E-state index contributed by atoms with van der Waals surface area (Å²) in [5, 5.41) is 0. The lowest BCUT2D eigenvalue weighted by atomic mass is 9.74. The van der Waals surface area contributed by atoms with Gasteiger partial charge in [0.2, 0.25) is 5.95 Å². The molecule has 0 saturated carbocycles. The number of piperidine rings is 1. The lowest BCUT2D eigenvalue weighted by molar-refractivity contribution is 0.337. The number of nitrogens with one attached hydrogen (secondary N) is 1. The zero-order valence-electron chi connectivity index (χ0n) is 19.0. The first-order valence-electron chi connectivity index (χ1n) is 12.0. The van der Waals surface area contributed by atoms with Gasteiger partial charge >= 0.3 is 0 Å². The molecule has 1 fully saturated rings. The second-order valence-electron chi connectivity index (χ2n) is 9.79. The fourth-order valence-corrected chi connectivity index (χ4v) is 6.01. The van der Waals surface area contributed by atoms with Crippen LogP contribution in [0.15, 0.2) is 41.5 Å². The molecule has 0 amide bonds. The van der Waals surface area contributed by atoms with E-state index >= 15 is 4.39 Å². The fourth-order valence-electron chi connectivity index (χ4n) is 6.01. The highest BCUT2D eigenvalue weighted by Crippen LogP contribution is 2.49. The number of H-pyrrole nitrogens is 1. The Balaban J connectivity index is 1.29. The Kier molecular flexibility index (Phi) is 5.12. The van der Waals surface area contributed by atoms with Gasteiger partial charge in [0.25, 0.3) is 5.56 Å². The molecule has 3 aromatic rings. The molecule has 176 valence electrons. The van der Waals surface area contributed by atoms with Crippen molar-refractivity contribution in [3.05, 3.63) is 81.0 Å². The van der Waals surface area contributed by atoms with Gasteiger partial charge in [-0.25, -0.2) is 13.8 Å². The van der Waals surface area contributed by atoms with Crippen molar-refractivity contribution in [1.29, 1.82) is 0 Å². The molecule has 34 heavy (non-hydrogen) atoms. The minimum atomic E-state index is -0.558. The second kappa shape index (κ2) is 8.18. The highest BCUT2D eigenvalue weighted by molar-refractivity contribution is 5.64. The number of aromatic nitrogens is 3. The molecule has 0 bridgehead atoms. The van der Waals surface area contributed by atoms with Crippen molar-refractivity contribution in [2.24, 2.45) is 0 Å². The first-order valence-corrected chi connectivity index (χ1v) is 12.0. The number of rotatable bonds is 3. The lowest BCUT2D eigenvalue weighted by Gasteiger charge is -2.40. The number of anilines is 2. The van der Waals surface area contributed by atoms with Crippen LogP contribution in [0, 0.1) is 11.6 Å². The zero-order chi connectivity index (χ0) is 23.3. The summed E-state index contributed by atoms with van der Waals surface area (Å²) in [5.41, 5.74) is 3.56. The van der Waals surface area contributed by atoms with Gasteiger partial charge in [-0.05, 0) is 56.2 Å². The molecular formula is C26H27F2N5O. The Bertz CT molecular complexity index is 1280. The third-order valence-corrected chi connectivity index (χ3v) is 7.69. The van der Waals surface area contributed by atoms with Crippen LogP contribution in [0.3, 0.4) is 0 Å². The van der Waals surface area contributed by atoms with Crippen LogP contribution in [0.25, 0.3) is 0 Å². The highest BCUT2D eigenvalue weighted by atomic mass is 19.1. The summed E-state index contributed by atoms with van der Waals surface area (Å²) in [6.45, 7) is 2.48. The molecule has 1 aromatic carbocycles. The summed E-state index contributed by atoms with van der Waals surface area (Å²) in [6, 6.07) is 6.31. The largest absolute Gasteiger partial charge is 0.366 e. The van der Waals surface area contributed by atoms with Crippen LogP contribution >= 0.6 is 0 Å². The lowest BCUT2D eigenvalue weighted by Crippen LogP contribution is -2.46. The minimum absolute atomic E-state index is 0.0321. The number of pyridine rings is 1. The van der Waals surface area contributed by atoms with Crippen molar-refractivity contribution in [3.8, 4) is 0 Å². The summed E-state index contributed by atoms with van der Waals surface area (Å²) in [4.78, 5) is 28.7. The first-order chi connectivity index (χ1) is 16.5. The zero-order valence-corrected chi connectivity index (χ0v) is 19.0. The van der Waals surface area contributed by atoms with Crippen molar-refractivity contribution < 1.29 is 8.78 Å². The Morgan fingerprint density at radius 2 is 1.94 bits per heavy atom. The van der Waals surface area contributed by atoms with E-state index in [1.54, 1.807) is 12.4 Å². The van der Waals surface area contributed by atoms with Gasteiger partial charge in [-0.3, -0.25) is 14.8 Å². The summed E-state index contributed by atoms with van der Waals surface area (Å²) in [7, 11) is 0. The van der Waals surface area contributed by atoms with Crippen molar-refractivity contribution in [3.63, 3.8) is 0 Å². The standard InChI is InChI=1S/C26H27F2N5O/c27-18-12-20(28)23-22(13-18)33(15-17-4-3-9-29-14-17)16-26(23)7-10-32(11-8-26)25-30-21-6-2-1-5-19(21)24(34)31-25/h3-4,9,12-14H,1-2,5-8,10-11,15-16H2,(H,30,31,34). The molecule has 6 nitrogen and oxygen atoms in total. The van der Waals surface area contributed by atoms with E-state index in [-0.39, 0.29) is 5.56 Å². The molecule has 2 aromatic heterocycles. The fraction of sp³-hybridized carbons (Fsp3) is 0.423. The van der Waals surface area contributed by atoms with Gasteiger partial charge in [-0.1, -0.05) is 6.07 Å². The van der Waals surface area contributed by atoms with Gasteiger partial charge < -0.3 is 9.80 Å². The quantitative estimate of drug-likeness (QED) is 0.639. The molecule has 6 rings (SSSR count). The third kappa shape index (κ3) is 3.56. The first kappa shape index (κ1) is 21.3. The maximum atomic E-state index is 15.2. The molecule has 0 unspecified atom stereocenters. The normalized spacial score (nSPS) is 18.8. The van der Waals surface area contributed by atoms with Crippen molar-refractivity contribution >= 4 is 11.6 Å². The summed E-state index contributed by atoms with van der Waals surface area (Å²) in [5.74, 6) is -0.416. The van der Waals surface area contributed by atoms with Gasteiger partial charge in [-0.2, -0.15) is 0 Å². The molecule has 0 radical (unpaired) electrons. The summed E-state index contributed by atoms with van der Waals surface area (Å²) in [6.07, 6.45) is 8.64. The predicted octanol–water partition coefficient (Wildman–Crippen LogP) is 3.88. The van der Waals surface area contributed by atoms with Crippen LogP contribution in [-0.4, -0.2) is 34.6 Å². The third-order valence-electron chi connectivity index (χ3n) is 7.69. The van der Waals surface area contributed by atoms with Crippen LogP contribution in [-0.2, 0) is 24.8 Å². The summed E-state index contributed by atoms with van der Waals surface area (Å²) >= 11 is 0. The monoisotopic (exact) mass is 463 g/mol. The van der Waals surface area contributed by atoms with Crippen molar-refractivity contribution in [2.45, 2.75) is 50.5 Å². The van der Waals surface area contributed by atoms with Crippen LogP contribution < -0.4 is 15.4 Å². The molecule has 2 aliphatic heterocycles. The van der Waals surface area contributed by atoms with E-state index in [0.29, 0.717) is 56.2 Å². The van der Waals surface area contributed by atoms with E-state index in [9.17, 15) is 9.18 Å². The van der Waals surface area contributed by atoms with E-state index in [1.807, 2.05) is 12.1 Å². The van der Waals surface area contributed by atoms with E-state index in [2.05, 4.69) is 19.8 Å². The van der Waals surface area contributed by atoms with Crippen LogP contribution in [0.5, 0.6) is 0 Å². The number of benzene rings is 1. The Labute approximate surface area is 196 Å². The molecular weight excluding hydrogens is 436 g/mol. The Morgan fingerprint density at radius 3 is 2.74 bits per heavy atom. The Hall–Kier alpha value is -3.29. The van der Waals surface area contributed by atoms with Gasteiger partial charge in [-0.15, -0.1) is 0 Å². The van der Waals surface area contributed by atoms with Gasteiger partial charge in [0.1, 0.15) is 11.6 Å². The Morgan fingerprint density at radius 1 is 1.12 bits per heavy atom. The maximum absolute atomic E-state index is 15.2. The predicted molar refractivity (Wildman–Crippen MR) is 126 cm³/mol. The minimum Gasteiger partial charge on any atom is -0.366 e. The molecule has 1 aliphatic carbocycles. The van der Waals surface area contributed by atoms with Crippen LogP contribution in [0.4, 0.5) is 20.4 Å². The van der Waals surface area contributed by atoms with E-state index in [4.69, 9.17) is 4.98 Å². The second-order valence-corrected chi connectivity index (χ2v) is 9.79. The molecule has 1 spiro atoms. The maximum Gasteiger partial charge on any atom is 0.255 e. The summed E-state index contributed by atoms with van der Waals surface area (Å²) < 4.78 is 29.4. The molecule has 1 saturated heterocycles. The van der Waals surface area contributed by atoms with Crippen LogP contribution in [0.2, 0.25) is 0 Å². The molecule has 1 N–H and O–H groups in total. The number of hydrogen-bond acceptors (Lipinski definition) is 5. The van der Waals surface area contributed by atoms with E-state index in [0.717, 1.165) is 48.6 Å². The number of hydrogen-bond donors (Lipinski definition) is 1. The SMILES string of the molecule is O=c1[nH]c(N2CCC3(CC2)CN(Cc2cccnc2)c2cc(F)cc(F)c23)nc2c1CCCC2. The van der Waals surface area contributed by atoms with E-state index < -0.39 is 17.0 Å². The van der Waals surface area contributed by atoms with Gasteiger partial charge in [0, 0.05) is 66.9 Å². The average Bonchev–Trinajstić information content (AvgIpc) is 3.12. The highest BCUT2D eigenvalue weighted by Gasteiger charge is 2.47. The number of aromatic amines is 1. The van der Waals surface area contributed by atoms with Crippen molar-refractivity contribution in [2.75, 3.05) is 29.4 Å². The topological polar surface area (TPSA) is 65.1 Å².